The molecule has 0 atom stereocenters. The summed E-state index contributed by atoms with van der Waals surface area (Å²) in [5.41, 5.74) is 2.00. The second kappa shape index (κ2) is 8.83. The van der Waals surface area contributed by atoms with Crippen LogP contribution in [0.5, 0.6) is 0 Å². The third kappa shape index (κ3) is 4.86. The Hall–Kier alpha value is -2.94. The van der Waals surface area contributed by atoms with E-state index in [0.717, 1.165) is 5.56 Å². The molecule has 9 heteroatoms. The van der Waals surface area contributed by atoms with Gasteiger partial charge in [0.25, 0.3) is 5.91 Å². The maximum atomic E-state index is 12.6. The zero-order valence-corrected chi connectivity index (χ0v) is 16.5. The quantitative estimate of drug-likeness (QED) is 0.766. The molecule has 2 heterocycles. The summed E-state index contributed by atoms with van der Waals surface area (Å²) >= 11 is 1.19. The highest BCUT2D eigenvalue weighted by atomic mass is 32.1. The van der Waals surface area contributed by atoms with E-state index in [-0.39, 0.29) is 23.5 Å². The fraction of sp³-hybridized carbons (Fsp3) is 0.368. The second-order valence-electron chi connectivity index (χ2n) is 6.58. The number of ether oxygens (including phenoxy) is 1. The lowest BCUT2D eigenvalue weighted by Crippen LogP contribution is -2.40. The highest BCUT2D eigenvalue weighted by Gasteiger charge is 2.29. The molecule has 148 valence electrons. The molecule has 1 aliphatic rings. The highest BCUT2D eigenvalue weighted by Crippen LogP contribution is 2.22. The molecule has 3 amide bonds. The van der Waals surface area contributed by atoms with Crippen molar-refractivity contribution in [2.45, 2.75) is 19.8 Å². The molecule has 0 spiro atoms. The summed E-state index contributed by atoms with van der Waals surface area (Å²) in [6.07, 6.45) is 1.15. The summed E-state index contributed by atoms with van der Waals surface area (Å²) in [7, 11) is 1.37. The number of nitrogens with one attached hydrogen (secondary N) is 2. The molecule has 0 bridgehead atoms. The van der Waals surface area contributed by atoms with Crippen molar-refractivity contribution < 1.29 is 19.1 Å². The Balaban J connectivity index is 1.54. The normalized spacial score (nSPS) is 14.4. The summed E-state index contributed by atoms with van der Waals surface area (Å²) < 4.78 is 4.76. The molecule has 0 radical (unpaired) electrons. The SMILES string of the molecule is COC(=O)C1CCN(C(=O)c2csc(NC(=O)Nc3cccc(C)c3)n2)CC1. The van der Waals surface area contributed by atoms with Gasteiger partial charge in [0, 0.05) is 24.2 Å². The Morgan fingerprint density at radius 2 is 1.96 bits per heavy atom. The summed E-state index contributed by atoms with van der Waals surface area (Å²) in [6.45, 7) is 2.90. The number of hydrogen-bond acceptors (Lipinski definition) is 6. The Morgan fingerprint density at radius 1 is 1.21 bits per heavy atom. The van der Waals surface area contributed by atoms with Crippen LogP contribution < -0.4 is 10.6 Å². The molecule has 0 aliphatic carbocycles. The zero-order chi connectivity index (χ0) is 20.1. The molecule has 1 saturated heterocycles. The molecule has 2 N–H and O–H groups in total. The van der Waals surface area contributed by atoms with Gasteiger partial charge in [-0.3, -0.25) is 14.9 Å². The summed E-state index contributed by atoms with van der Waals surface area (Å²) in [4.78, 5) is 42.2. The molecule has 0 unspecified atom stereocenters. The van der Waals surface area contributed by atoms with Gasteiger partial charge < -0.3 is 15.0 Å². The van der Waals surface area contributed by atoms with Crippen LogP contribution in [-0.4, -0.2) is 48.0 Å². The van der Waals surface area contributed by atoms with Crippen LogP contribution in [0.3, 0.4) is 0 Å². The molecule has 1 aromatic carbocycles. The minimum Gasteiger partial charge on any atom is -0.469 e. The van der Waals surface area contributed by atoms with Crippen LogP contribution in [0, 0.1) is 12.8 Å². The molecule has 2 aromatic rings. The number of carbonyl (C=O) groups is 3. The van der Waals surface area contributed by atoms with Gasteiger partial charge in [0.1, 0.15) is 5.69 Å². The van der Waals surface area contributed by atoms with E-state index in [1.807, 2.05) is 25.1 Å². The number of amides is 3. The lowest BCUT2D eigenvalue weighted by atomic mass is 9.97. The van der Waals surface area contributed by atoms with E-state index in [2.05, 4.69) is 15.6 Å². The number of urea groups is 1. The van der Waals surface area contributed by atoms with Crippen LogP contribution in [0.1, 0.15) is 28.9 Å². The summed E-state index contributed by atoms with van der Waals surface area (Å²) in [5, 5.41) is 7.34. The number of anilines is 2. The summed E-state index contributed by atoms with van der Waals surface area (Å²) in [6, 6.07) is 7.03. The first-order valence-corrected chi connectivity index (χ1v) is 9.81. The average Bonchev–Trinajstić information content (AvgIpc) is 3.15. The number of nitrogens with zero attached hydrogens (tertiary/aromatic N) is 2. The number of rotatable bonds is 4. The third-order valence-electron chi connectivity index (χ3n) is 4.54. The standard InChI is InChI=1S/C19H22N4O4S/c1-12-4-3-5-14(10-12)20-18(26)22-19-21-15(11-28-19)16(24)23-8-6-13(7-9-23)17(25)27-2/h3-5,10-11,13H,6-9H2,1-2H3,(H2,20,21,22,26). The van der Waals surface area contributed by atoms with Crippen molar-refractivity contribution in [2.24, 2.45) is 5.92 Å². The van der Waals surface area contributed by atoms with Crippen LogP contribution >= 0.6 is 11.3 Å². The molecule has 0 saturated carbocycles. The number of piperidine rings is 1. The Morgan fingerprint density at radius 3 is 2.64 bits per heavy atom. The van der Waals surface area contributed by atoms with Crippen molar-refractivity contribution in [2.75, 3.05) is 30.8 Å². The molecule has 1 aromatic heterocycles. The minimum absolute atomic E-state index is 0.160. The summed E-state index contributed by atoms with van der Waals surface area (Å²) in [5.74, 6) is -0.592. The van der Waals surface area contributed by atoms with Gasteiger partial charge in [0.05, 0.1) is 13.0 Å². The van der Waals surface area contributed by atoms with Crippen molar-refractivity contribution >= 4 is 40.1 Å². The first kappa shape index (κ1) is 19.8. The van der Waals surface area contributed by atoms with Gasteiger partial charge >= 0.3 is 12.0 Å². The molecule has 28 heavy (non-hydrogen) atoms. The van der Waals surface area contributed by atoms with Gasteiger partial charge in [0.2, 0.25) is 0 Å². The van der Waals surface area contributed by atoms with E-state index in [1.165, 1.54) is 18.4 Å². The number of aromatic nitrogens is 1. The Labute approximate surface area is 166 Å². The van der Waals surface area contributed by atoms with Gasteiger partial charge in [-0.1, -0.05) is 12.1 Å². The average molecular weight is 402 g/mol. The Kier molecular flexibility index (Phi) is 6.25. The van der Waals surface area contributed by atoms with E-state index < -0.39 is 6.03 Å². The van der Waals surface area contributed by atoms with Crippen molar-refractivity contribution in [3.8, 4) is 0 Å². The molecule has 1 aliphatic heterocycles. The van der Waals surface area contributed by atoms with E-state index in [0.29, 0.717) is 36.8 Å². The predicted octanol–water partition coefficient (Wildman–Crippen LogP) is 3.12. The fourth-order valence-electron chi connectivity index (χ4n) is 3.06. The topological polar surface area (TPSA) is 101 Å². The molecular weight excluding hydrogens is 380 g/mol. The van der Waals surface area contributed by atoms with Crippen molar-refractivity contribution in [3.05, 3.63) is 40.9 Å². The number of aryl methyl sites for hydroxylation is 1. The largest absolute Gasteiger partial charge is 0.469 e. The van der Waals surface area contributed by atoms with Crippen molar-refractivity contribution in [3.63, 3.8) is 0 Å². The van der Waals surface area contributed by atoms with Gasteiger partial charge in [-0.15, -0.1) is 11.3 Å². The van der Waals surface area contributed by atoms with Crippen molar-refractivity contribution in [1.82, 2.24) is 9.88 Å². The maximum absolute atomic E-state index is 12.6. The van der Waals surface area contributed by atoms with Gasteiger partial charge in [0.15, 0.2) is 5.13 Å². The first-order valence-electron chi connectivity index (χ1n) is 8.93. The second-order valence-corrected chi connectivity index (χ2v) is 7.43. The number of methoxy groups -OCH3 is 1. The van der Waals surface area contributed by atoms with Gasteiger partial charge in [-0.2, -0.15) is 0 Å². The highest BCUT2D eigenvalue weighted by molar-refractivity contribution is 7.14. The number of carbonyl (C=O) groups excluding carboxylic acids is 3. The molecular formula is C19H22N4O4S. The Bertz CT molecular complexity index is 874. The minimum atomic E-state index is -0.419. The lowest BCUT2D eigenvalue weighted by Gasteiger charge is -2.30. The smallest absolute Gasteiger partial charge is 0.325 e. The van der Waals surface area contributed by atoms with E-state index >= 15 is 0 Å². The molecule has 1 fully saturated rings. The number of likely N-dealkylation sites (tertiary alicyclic amines) is 1. The predicted molar refractivity (Wildman–Crippen MR) is 107 cm³/mol. The maximum Gasteiger partial charge on any atom is 0.325 e. The third-order valence-corrected chi connectivity index (χ3v) is 5.29. The lowest BCUT2D eigenvalue weighted by molar-refractivity contribution is -0.146. The van der Waals surface area contributed by atoms with Crippen molar-refractivity contribution in [1.29, 1.82) is 0 Å². The van der Waals surface area contributed by atoms with E-state index in [4.69, 9.17) is 4.74 Å². The van der Waals surface area contributed by atoms with Crippen LogP contribution in [0.25, 0.3) is 0 Å². The van der Waals surface area contributed by atoms with Gasteiger partial charge in [-0.05, 0) is 37.5 Å². The molecule has 3 rings (SSSR count). The van der Waals surface area contributed by atoms with Crippen LogP contribution in [0.15, 0.2) is 29.6 Å². The van der Waals surface area contributed by atoms with Crippen LogP contribution in [0.2, 0.25) is 0 Å². The number of benzene rings is 1. The van der Waals surface area contributed by atoms with E-state index in [1.54, 1.807) is 16.3 Å². The number of hydrogen-bond donors (Lipinski definition) is 2. The monoisotopic (exact) mass is 402 g/mol. The number of thiazole rings is 1. The molecule has 8 nitrogen and oxygen atoms in total. The fourth-order valence-corrected chi connectivity index (χ4v) is 3.74. The van der Waals surface area contributed by atoms with Crippen LogP contribution in [0.4, 0.5) is 15.6 Å². The van der Waals surface area contributed by atoms with E-state index in [9.17, 15) is 14.4 Å². The first-order chi connectivity index (χ1) is 13.5. The zero-order valence-electron chi connectivity index (χ0n) is 15.7. The number of esters is 1. The van der Waals surface area contributed by atoms with Gasteiger partial charge in [-0.25, -0.2) is 9.78 Å². The van der Waals surface area contributed by atoms with Crippen LogP contribution in [-0.2, 0) is 9.53 Å².